The van der Waals surface area contributed by atoms with Gasteiger partial charge in [0.15, 0.2) is 6.10 Å². The zero-order chi connectivity index (χ0) is 54.5. The number of carbonyl (C=O) groups excluding carboxylic acids is 4. The van der Waals surface area contributed by atoms with Crippen molar-refractivity contribution in [3.63, 3.8) is 0 Å². The molecule has 1 aliphatic rings. The number of nitrogens with zero attached hydrogens (tertiary/aromatic N) is 1. The van der Waals surface area contributed by atoms with Crippen LogP contribution >= 0.6 is 0 Å². The molecule has 0 N–H and O–H groups in total. The number of unbranched alkanes of at least 4 members (excludes halogenated alkanes) is 24. The van der Waals surface area contributed by atoms with Gasteiger partial charge in [-0.15, -0.1) is 0 Å². The second-order valence-electron chi connectivity index (χ2n) is 21.0. The zero-order valence-corrected chi connectivity index (χ0v) is 48.6. The summed E-state index contributed by atoms with van der Waals surface area (Å²) in [6.45, 7) is 7.18. The number of esters is 4. The van der Waals surface area contributed by atoms with E-state index in [0.29, 0.717) is 25.7 Å². The highest BCUT2D eigenvalue weighted by Crippen LogP contribution is 2.30. The van der Waals surface area contributed by atoms with E-state index in [1.54, 1.807) is 0 Å². The van der Waals surface area contributed by atoms with Crippen LogP contribution in [0.2, 0.25) is 0 Å². The average Bonchev–Trinajstić information content (AvgIpc) is 3.69. The first kappa shape index (κ1) is 69.3. The van der Waals surface area contributed by atoms with Crippen LogP contribution in [0.25, 0.3) is 0 Å². The third-order valence-electron chi connectivity index (χ3n) is 13.4. The molecular formula is C65H111NO9. The summed E-state index contributed by atoms with van der Waals surface area (Å²) in [5, 5.41) is 0. The Morgan fingerprint density at radius 3 is 1.07 bits per heavy atom. The maximum Gasteiger partial charge on any atom is 0.308 e. The van der Waals surface area contributed by atoms with Crippen LogP contribution in [0.4, 0.5) is 0 Å². The molecule has 0 radical (unpaired) electrons. The summed E-state index contributed by atoms with van der Waals surface area (Å²) in [7, 11) is 3.89. The molecule has 0 amide bonds. The van der Waals surface area contributed by atoms with Crippen molar-refractivity contribution < 1.29 is 42.9 Å². The Morgan fingerprint density at radius 1 is 0.373 bits per heavy atom. The van der Waals surface area contributed by atoms with Crippen LogP contribution in [0.1, 0.15) is 265 Å². The number of allylic oxidation sites excluding steroid dienone is 12. The fourth-order valence-electron chi connectivity index (χ4n) is 8.83. The van der Waals surface area contributed by atoms with Crippen LogP contribution in [0, 0.1) is 0 Å². The van der Waals surface area contributed by atoms with Gasteiger partial charge in [0, 0.05) is 25.7 Å². The van der Waals surface area contributed by atoms with Gasteiger partial charge >= 0.3 is 23.9 Å². The van der Waals surface area contributed by atoms with Crippen molar-refractivity contribution in [2.75, 3.05) is 27.2 Å². The quantitative estimate of drug-likeness (QED) is 0.0252. The Morgan fingerprint density at radius 2 is 0.693 bits per heavy atom. The van der Waals surface area contributed by atoms with Gasteiger partial charge in [0.05, 0.1) is 0 Å². The maximum atomic E-state index is 13.5. The SMILES string of the molecule is CCCCC/C=C\C/C=C\CCCCCCCC(=O)OC1[C@H](OC(=O)CCCCCCC/C=C\C/C=C\CCCCC)O[C@H](COC(=O)CCCN(C)C)[C@@H]1OC(=O)CCCCCCC/C=C\C/C=C\CCCCC. The first-order valence-electron chi connectivity index (χ1n) is 30.7. The number of ether oxygens (including phenoxy) is 5. The van der Waals surface area contributed by atoms with E-state index in [1.807, 2.05) is 19.0 Å². The summed E-state index contributed by atoms with van der Waals surface area (Å²) in [6, 6.07) is 0. The minimum atomic E-state index is -1.31. The van der Waals surface area contributed by atoms with Crippen molar-refractivity contribution in [3.8, 4) is 0 Å². The van der Waals surface area contributed by atoms with Crippen molar-refractivity contribution in [2.45, 2.75) is 289 Å². The summed E-state index contributed by atoms with van der Waals surface area (Å²) in [6.07, 6.45) is 59.1. The molecule has 0 saturated carbocycles. The summed E-state index contributed by atoms with van der Waals surface area (Å²) in [5.74, 6) is -1.81. The molecule has 0 aromatic heterocycles. The second-order valence-corrected chi connectivity index (χ2v) is 21.0. The van der Waals surface area contributed by atoms with E-state index in [4.69, 9.17) is 23.7 Å². The van der Waals surface area contributed by atoms with Crippen LogP contribution in [-0.2, 0) is 42.9 Å². The lowest BCUT2D eigenvalue weighted by atomic mass is 10.1. The normalized spacial score (nSPS) is 17.1. The molecule has 4 atom stereocenters. The minimum absolute atomic E-state index is 0.172. The lowest BCUT2D eigenvalue weighted by Crippen LogP contribution is -2.42. The van der Waals surface area contributed by atoms with E-state index in [9.17, 15) is 19.2 Å². The standard InChI is InChI=1S/C65H111NO9/c1-6-9-12-15-18-21-24-27-30-33-36-39-42-45-48-52-60(68)73-63-58(57-71-59(67)55-51-56-66(4)5)72-65(75-62(70)54-50-47-44-41-38-35-32-29-26-23-20-17-14-11-8-3)64(63)74-61(69)53-49-46-43-40-37-34-31-28-25-22-19-16-13-10-7-2/h18-23,27-32,58,63-65H,6-17,24-26,33-57H2,1-5H3/b21-18-,22-19-,23-20-,30-27-,31-28-,32-29-/t58-,63+,64?,65+/m1/s1. The van der Waals surface area contributed by atoms with E-state index in [1.165, 1.54) is 57.8 Å². The highest BCUT2D eigenvalue weighted by atomic mass is 16.8. The third-order valence-corrected chi connectivity index (χ3v) is 13.4. The topological polar surface area (TPSA) is 118 Å². The number of carbonyl (C=O) groups is 4. The first-order chi connectivity index (χ1) is 36.7. The number of hydrogen-bond acceptors (Lipinski definition) is 10. The van der Waals surface area contributed by atoms with E-state index >= 15 is 0 Å². The maximum absolute atomic E-state index is 13.5. The fraction of sp³-hybridized carbons (Fsp3) is 0.754. The van der Waals surface area contributed by atoms with Crippen molar-refractivity contribution >= 4 is 23.9 Å². The van der Waals surface area contributed by atoms with Crippen molar-refractivity contribution in [1.82, 2.24) is 4.90 Å². The molecule has 1 aliphatic heterocycles. The van der Waals surface area contributed by atoms with Gasteiger partial charge in [-0.1, -0.05) is 190 Å². The van der Waals surface area contributed by atoms with Gasteiger partial charge in [0.2, 0.25) is 12.4 Å². The molecule has 1 heterocycles. The van der Waals surface area contributed by atoms with Crippen LogP contribution in [-0.4, -0.2) is 80.6 Å². The van der Waals surface area contributed by atoms with E-state index < -0.39 is 48.5 Å². The molecule has 10 nitrogen and oxygen atoms in total. The minimum Gasteiger partial charge on any atom is -0.463 e. The van der Waals surface area contributed by atoms with Crippen molar-refractivity contribution in [3.05, 3.63) is 72.9 Å². The molecule has 0 aliphatic carbocycles. The lowest BCUT2D eigenvalue weighted by Gasteiger charge is -2.24. The smallest absolute Gasteiger partial charge is 0.308 e. The zero-order valence-electron chi connectivity index (χ0n) is 48.6. The Hall–Kier alpha value is -3.76. The third kappa shape index (κ3) is 44.0. The van der Waals surface area contributed by atoms with Crippen molar-refractivity contribution in [1.29, 1.82) is 0 Å². The van der Waals surface area contributed by atoms with Crippen LogP contribution in [0.15, 0.2) is 72.9 Å². The van der Waals surface area contributed by atoms with Crippen molar-refractivity contribution in [2.24, 2.45) is 0 Å². The largest absolute Gasteiger partial charge is 0.463 e. The van der Waals surface area contributed by atoms with Crippen LogP contribution in [0.3, 0.4) is 0 Å². The molecule has 75 heavy (non-hydrogen) atoms. The predicted octanol–water partition coefficient (Wildman–Crippen LogP) is 17.4. The van der Waals surface area contributed by atoms with E-state index in [2.05, 4.69) is 93.7 Å². The van der Waals surface area contributed by atoms with Gasteiger partial charge in [-0.05, 0) is 143 Å². The molecule has 0 spiro atoms. The number of rotatable bonds is 51. The lowest BCUT2D eigenvalue weighted by molar-refractivity contribution is -0.200. The van der Waals surface area contributed by atoms with Gasteiger partial charge in [-0.2, -0.15) is 0 Å². The molecule has 1 saturated heterocycles. The average molecular weight is 1050 g/mol. The molecule has 430 valence electrons. The van der Waals surface area contributed by atoms with Crippen LogP contribution in [0.5, 0.6) is 0 Å². The van der Waals surface area contributed by atoms with Crippen LogP contribution < -0.4 is 0 Å². The van der Waals surface area contributed by atoms with E-state index in [-0.39, 0.29) is 32.3 Å². The Balaban J connectivity index is 2.86. The molecule has 1 fully saturated rings. The summed E-state index contributed by atoms with van der Waals surface area (Å²) >= 11 is 0. The number of hydrogen-bond donors (Lipinski definition) is 0. The van der Waals surface area contributed by atoms with Gasteiger partial charge in [0.25, 0.3) is 0 Å². The van der Waals surface area contributed by atoms with Gasteiger partial charge in [-0.3, -0.25) is 19.2 Å². The van der Waals surface area contributed by atoms with E-state index in [0.717, 1.165) is 141 Å². The highest BCUT2D eigenvalue weighted by molar-refractivity contribution is 5.72. The molecule has 0 aromatic rings. The molecule has 10 heteroatoms. The first-order valence-corrected chi connectivity index (χ1v) is 30.7. The summed E-state index contributed by atoms with van der Waals surface area (Å²) < 4.78 is 29.9. The Kier molecular flexibility index (Phi) is 48.3. The predicted molar refractivity (Wildman–Crippen MR) is 311 cm³/mol. The molecule has 1 unspecified atom stereocenters. The molecule has 1 rings (SSSR count). The molecule has 0 bridgehead atoms. The summed E-state index contributed by atoms with van der Waals surface area (Å²) in [4.78, 5) is 55.2. The summed E-state index contributed by atoms with van der Waals surface area (Å²) in [5.41, 5.74) is 0. The monoisotopic (exact) mass is 1050 g/mol. The highest BCUT2D eigenvalue weighted by Gasteiger charge is 2.52. The molecular weight excluding hydrogens is 939 g/mol. The van der Waals surface area contributed by atoms with Gasteiger partial charge in [0.1, 0.15) is 12.7 Å². The van der Waals surface area contributed by atoms with Gasteiger partial charge in [-0.25, -0.2) is 0 Å². The molecule has 0 aromatic carbocycles. The Labute approximate surface area is 459 Å². The fourth-order valence-corrected chi connectivity index (χ4v) is 8.83. The Bertz CT molecular complexity index is 1560. The second kappa shape index (κ2) is 52.3. The van der Waals surface area contributed by atoms with Gasteiger partial charge < -0.3 is 28.6 Å².